The van der Waals surface area contributed by atoms with Gasteiger partial charge in [-0.25, -0.2) is 9.99 Å². The molecule has 2 aromatic carbocycles. The fraction of sp³-hybridized carbons (Fsp3) is 0.240. The molecule has 8 nitrogen and oxygen atoms in total. The van der Waals surface area contributed by atoms with E-state index in [1.165, 1.54) is 11.8 Å². The summed E-state index contributed by atoms with van der Waals surface area (Å²) in [4.78, 5) is 17.8. The smallest absolute Gasteiger partial charge is 0.256 e. The number of benzene rings is 2. The second-order valence-corrected chi connectivity index (χ2v) is 9.03. The number of thioether (sulfide) groups is 1. The molecular formula is C25H24N6O2S. The highest BCUT2D eigenvalue weighted by Gasteiger charge is 2.33. The number of carbonyl (C=O) groups excluding carboxylic acids is 1. The van der Waals surface area contributed by atoms with Crippen molar-refractivity contribution in [1.29, 1.82) is 0 Å². The van der Waals surface area contributed by atoms with Crippen LogP contribution in [0.2, 0.25) is 0 Å². The third-order valence-corrected chi connectivity index (χ3v) is 6.68. The lowest BCUT2D eigenvalue weighted by Crippen LogP contribution is -2.28. The SMILES string of the molecule is COc1ccc([C@@H]2CC(c3ccccc3)=NN2C(=O)CSc2nnc3nc(C)cc(C)n23)cc1. The van der Waals surface area contributed by atoms with E-state index in [1.54, 1.807) is 12.1 Å². The molecule has 0 saturated carbocycles. The molecule has 2 aromatic heterocycles. The van der Waals surface area contributed by atoms with Crippen LogP contribution in [-0.2, 0) is 4.79 Å². The molecule has 1 amide bonds. The third kappa shape index (κ3) is 4.26. The molecule has 0 N–H and O–H groups in total. The van der Waals surface area contributed by atoms with E-state index in [2.05, 4.69) is 15.2 Å². The summed E-state index contributed by atoms with van der Waals surface area (Å²) >= 11 is 1.34. The van der Waals surface area contributed by atoms with Crippen LogP contribution in [0.15, 0.2) is 70.9 Å². The average molecular weight is 473 g/mol. The highest BCUT2D eigenvalue weighted by molar-refractivity contribution is 7.99. The average Bonchev–Trinajstić information content (AvgIpc) is 3.48. The van der Waals surface area contributed by atoms with Crippen molar-refractivity contribution in [3.8, 4) is 5.75 Å². The van der Waals surface area contributed by atoms with Gasteiger partial charge in [0.1, 0.15) is 5.75 Å². The Morgan fingerprint density at radius 1 is 1.09 bits per heavy atom. The number of hydrogen-bond donors (Lipinski definition) is 0. The summed E-state index contributed by atoms with van der Waals surface area (Å²) in [6, 6.07) is 19.6. The molecule has 1 aliphatic heterocycles. The van der Waals surface area contributed by atoms with Crippen LogP contribution in [-0.4, -0.2) is 49.1 Å². The van der Waals surface area contributed by atoms with Gasteiger partial charge in [0.2, 0.25) is 0 Å². The van der Waals surface area contributed by atoms with Crippen molar-refractivity contribution in [3.63, 3.8) is 0 Å². The summed E-state index contributed by atoms with van der Waals surface area (Å²) in [5.74, 6) is 1.41. The Morgan fingerprint density at radius 2 is 1.85 bits per heavy atom. The number of ether oxygens (including phenoxy) is 1. The minimum absolute atomic E-state index is 0.0915. The Balaban J connectivity index is 1.41. The standard InChI is InChI=1S/C25H24N6O2S/c1-16-13-17(2)30-24(26-16)27-28-25(30)34-15-23(32)31-22(19-9-11-20(33-3)12-10-19)14-21(29-31)18-7-5-4-6-8-18/h4-13,22H,14-15H2,1-3H3/t22-/m0/s1. The Kier molecular flexibility index (Phi) is 6.02. The van der Waals surface area contributed by atoms with Gasteiger partial charge in [0, 0.05) is 17.8 Å². The van der Waals surface area contributed by atoms with Gasteiger partial charge >= 0.3 is 0 Å². The number of fused-ring (bicyclic) bond motifs is 1. The zero-order chi connectivity index (χ0) is 23.7. The molecule has 0 unspecified atom stereocenters. The van der Waals surface area contributed by atoms with Crippen molar-refractivity contribution in [2.75, 3.05) is 12.9 Å². The number of rotatable bonds is 6. The van der Waals surface area contributed by atoms with Gasteiger partial charge in [-0.05, 0) is 43.2 Å². The molecule has 0 aliphatic carbocycles. The first-order chi connectivity index (χ1) is 16.5. The molecule has 0 fully saturated rings. The first-order valence-corrected chi connectivity index (χ1v) is 11.9. The molecule has 0 spiro atoms. The first kappa shape index (κ1) is 22.1. The van der Waals surface area contributed by atoms with Crippen LogP contribution in [0.1, 0.15) is 35.0 Å². The maximum atomic E-state index is 13.4. The summed E-state index contributed by atoms with van der Waals surface area (Å²) in [5, 5.41) is 15.4. The lowest BCUT2D eigenvalue weighted by molar-refractivity contribution is -0.130. The Hall–Kier alpha value is -3.72. The van der Waals surface area contributed by atoms with Crippen LogP contribution in [0, 0.1) is 13.8 Å². The van der Waals surface area contributed by atoms with Gasteiger partial charge in [0.25, 0.3) is 11.7 Å². The zero-order valence-corrected chi connectivity index (χ0v) is 20.0. The van der Waals surface area contributed by atoms with Gasteiger partial charge in [0.15, 0.2) is 5.16 Å². The van der Waals surface area contributed by atoms with Crippen molar-refractivity contribution >= 4 is 29.2 Å². The van der Waals surface area contributed by atoms with Crippen molar-refractivity contribution in [1.82, 2.24) is 24.6 Å². The molecule has 5 rings (SSSR count). The molecule has 0 radical (unpaired) electrons. The van der Waals surface area contributed by atoms with Gasteiger partial charge in [0.05, 0.1) is 24.6 Å². The monoisotopic (exact) mass is 472 g/mol. The van der Waals surface area contributed by atoms with Gasteiger partial charge in [-0.1, -0.05) is 54.2 Å². The molecular weight excluding hydrogens is 448 g/mol. The number of hydrogen-bond acceptors (Lipinski definition) is 7. The Labute approximate surface area is 201 Å². The number of aryl methyl sites for hydroxylation is 2. The van der Waals surface area contributed by atoms with Crippen LogP contribution in [0.25, 0.3) is 5.78 Å². The molecule has 9 heteroatoms. The Morgan fingerprint density at radius 3 is 2.59 bits per heavy atom. The lowest BCUT2D eigenvalue weighted by atomic mass is 9.98. The predicted molar refractivity (Wildman–Crippen MR) is 131 cm³/mol. The number of methoxy groups -OCH3 is 1. The zero-order valence-electron chi connectivity index (χ0n) is 19.2. The topological polar surface area (TPSA) is 85.0 Å². The third-order valence-electron chi connectivity index (χ3n) is 5.76. The molecule has 4 aromatic rings. The van der Waals surface area contributed by atoms with E-state index >= 15 is 0 Å². The van der Waals surface area contributed by atoms with Crippen LogP contribution in [0.3, 0.4) is 0 Å². The number of aromatic nitrogens is 4. The second-order valence-electron chi connectivity index (χ2n) is 8.09. The fourth-order valence-corrected chi connectivity index (χ4v) is 4.96. The second kappa shape index (κ2) is 9.26. The van der Waals surface area contributed by atoms with Gasteiger partial charge in [-0.15, -0.1) is 10.2 Å². The van der Waals surface area contributed by atoms with Crippen LogP contribution < -0.4 is 4.74 Å². The minimum Gasteiger partial charge on any atom is -0.497 e. The highest BCUT2D eigenvalue weighted by Crippen LogP contribution is 2.34. The van der Waals surface area contributed by atoms with E-state index in [1.807, 2.05) is 78.9 Å². The van der Waals surface area contributed by atoms with Crippen molar-refractivity contribution in [2.45, 2.75) is 31.5 Å². The van der Waals surface area contributed by atoms with E-state index < -0.39 is 0 Å². The molecule has 0 saturated heterocycles. The van der Waals surface area contributed by atoms with E-state index in [-0.39, 0.29) is 17.7 Å². The first-order valence-electron chi connectivity index (χ1n) is 10.9. The maximum absolute atomic E-state index is 13.4. The van der Waals surface area contributed by atoms with Crippen LogP contribution >= 0.6 is 11.8 Å². The quantitative estimate of drug-likeness (QED) is 0.391. The summed E-state index contributed by atoms with van der Waals surface area (Å²) in [5.41, 5.74) is 4.78. The summed E-state index contributed by atoms with van der Waals surface area (Å²) in [6.45, 7) is 3.90. The number of amides is 1. The van der Waals surface area contributed by atoms with E-state index in [0.717, 1.165) is 34.0 Å². The van der Waals surface area contributed by atoms with Crippen molar-refractivity contribution < 1.29 is 9.53 Å². The molecule has 3 heterocycles. The van der Waals surface area contributed by atoms with E-state index in [0.29, 0.717) is 17.4 Å². The molecule has 1 atom stereocenters. The maximum Gasteiger partial charge on any atom is 0.256 e. The summed E-state index contributed by atoms with van der Waals surface area (Å²) in [6.07, 6.45) is 0.642. The van der Waals surface area contributed by atoms with E-state index in [9.17, 15) is 4.79 Å². The fourth-order valence-electron chi connectivity index (χ4n) is 4.12. The summed E-state index contributed by atoms with van der Waals surface area (Å²) in [7, 11) is 1.64. The molecule has 34 heavy (non-hydrogen) atoms. The number of hydrazone groups is 1. The molecule has 1 aliphatic rings. The van der Waals surface area contributed by atoms with Crippen molar-refractivity contribution in [2.24, 2.45) is 5.10 Å². The Bertz CT molecular complexity index is 1370. The molecule has 0 bridgehead atoms. The normalized spacial score (nSPS) is 15.6. The minimum atomic E-state index is -0.185. The number of nitrogens with zero attached hydrogens (tertiary/aromatic N) is 6. The summed E-state index contributed by atoms with van der Waals surface area (Å²) < 4.78 is 7.17. The largest absolute Gasteiger partial charge is 0.497 e. The van der Waals surface area contributed by atoms with Gasteiger partial charge in [-0.2, -0.15) is 5.10 Å². The van der Waals surface area contributed by atoms with Gasteiger partial charge < -0.3 is 4.74 Å². The lowest BCUT2D eigenvalue weighted by Gasteiger charge is -2.22. The van der Waals surface area contributed by atoms with E-state index in [4.69, 9.17) is 9.84 Å². The van der Waals surface area contributed by atoms with Gasteiger partial charge in [-0.3, -0.25) is 9.20 Å². The highest BCUT2D eigenvalue weighted by atomic mass is 32.2. The van der Waals surface area contributed by atoms with Crippen molar-refractivity contribution in [3.05, 3.63) is 83.2 Å². The predicted octanol–water partition coefficient (Wildman–Crippen LogP) is 4.22. The van der Waals surface area contributed by atoms with Crippen LogP contribution in [0.4, 0.5) is 0 Å². The van der Waals surface area contributed by atoms with Crippen LogP contribution in [0.5, 0.6) is 5.75 Å². The number of carbonyl (C=O) groups is 1. The molecule has 172 valence electrons.